The van der Waals surface area contributed by atoms with E-state index in [1.54, 1.807) is 11.3 Å². The van der Waals surface area contributed by atoms with Crippen molar-refractivity contribution < 1.29 is 0 Å². The van der Waals surface area contributed by atoms with Crippen molar-refractivity contribution in [3.8, 4) is 0 Å². The molecule has 16 heavy (non-hydrogen) atoms. The molecule has 0 saturated heterocycles. The maximum Gasteiger partial charge on any atom is 0.0327 e. The van der Waals surface area contributed by atoms with Gasteiger partial charge in [0, 0.05) is 26.9 Å². The van der Waals surface area contributed by atoms with Crippen LogP contribution in [-0.4, -0.2) is 0 Å². The monoisotopic (exact) mass is 359 g/mol. The molecule has 0 amide bonds. The first kappa shape index (κ1) is 12.3. The van der Waals surface area contributed by atoms with Crippen molar-refractivity contribution in [1.29, 1.82) is 0 Å². The van der Waals surface area contributed by atoms with E-state index in [1.807, 2.05) is 6.07 Å². The lowest BCUT2D eigenvalue weighted by Crippen LogP contribution is -2.12. The maximum atomic E-state index is 3.54. The van der Waals surface area contributed by atoms with Crippen LogP contribution in [0.15, 0.2) is 44.7 Å². The molecule has 1 aromatic heterocycles. The minimum Gasteiger partial charge on any atom is -0.308 e. The Hall–Kier alpha value is -0.160. The molecule has 4 heteroatoms. The van der Waals surface area contributed by atoms with Gasteiger partial charge in [0.25, 0.3) is 0 Å². The molecule has 2 rings (SSSR count). The number of rotatable bonds is 4. The van der Waals surface area contributed by atoms with Gasteiger partial charge in [-0.3, -0.25) is 0 Å². The van der Waals surface area contributed by atoms with Gasteiger partial charge in [-0.15, -0.1) is 11.3 Å². The Bertz CT molecular complexity index is 468. The Kier molecular flexibility index (Phi) is 4.58. The molecular formula is C12H11Br2NS. The fraction of sp³-hybridized carbons (Fsp3) is 0.167. The van der Waals surface area contributed by atoms with Crippen molar-refractivity contribution >= 4 is 43.2 Å². The molecule has 0 bridgehead atoms. The van der Waals surface area contributed by atoms with Gasteiger partial charge in [0.15, 0.2) is 0 Å². The van der Waals surface area contributed by atoms with Gasteiger partial charge < -0.3 is 5.32 Å². The van der Waals surface area contributed by atoms with Crippen molar-refractivity contribution in [2.75, 3.05) is 0 Å². The van der Waals surface area contributed by atoms with Crippen molar-refractivity contribution in [2.24, 2.45) is 0 Å². The number of hydrogen-bond acceptors (Lipinski definition) is 2. The summed E-state index contributed by atoms with van der Waals surface area (Å²) in [6, 6.07) is 10.4. The second-order valence-electron chi connectivity index (χ2n) is 3.39. The van der Waals surface area contributed by atoms with Crippen LogP contribution in [0.25, 0.3) is 0 Å². The summed E-state index contributed by atoms with van der Waals surface area (Å²) in [7, 11) is 0. The summed E-state index contributed by atoms with van der Waals surface area (Å²) >= 11 is 8.84. The molecule has 0 spiro atoms. The van der Waals surface area contributed by atoms with Gasteiger partial charge in [0.1, 0.15) is 0 Å². The molecule has 0 unspecified atom stereocenters. The van der Waals surface area contributed by atoms with Crippen LogP contribution in [0.3, 0.4) is 0 Å². The predicted molar refractivity (Wildman–Crippen MR) is 76.7 cm³/mol. The Morgan fingerprint density at radius 3 is 2.50 bits per heavy atom. The van der Waals surface area contributed by atoms with E-state index < -0.39 is 0 Å². The Morgan fingerprint density at radius 2 is 1.81 bits per heavy atom. The van der Waals surface area contributed by atoms with Crippen LogP contribution in [0.5, 0.6) is 0 Å². The normalized spacial score (nSPS) is 10.6. The molecular weight excluding hydrogens is 350 g/mol. The molecule has 0 saturated carbocycles. The van der Waals surface area contributed by atoms with Crippen molar-refractivity contribution in [3.63, 3.8) is 0 Å². The molecule has 0 atom stereocenters. The highest BCUT2D eigenvalue weighted by atomic mass is 79.9. The summed E-state index contributed by atoms with van der Waals surface area (Å²) < 4.78 is 2.35. The average Bonchev–Trinajstić information content (AvgIpc) is 2.67. The first-order valence-corrected chi connectivity index (χ1v) is 7.40. The summed E-state index contributed by atoms with van der Waals surface area (Å²) in [5.74, 6) is 0. The molecule has 0 fully saturated rings. The third-order valence-corrected chi connectivity index (χ3v) is 4.95. The molecule has 84 valence electrons. The van der Waals surface area contributed by atoms with Gasteiger partial charge in [0.2, 0.25) is 0 Å². The standard InChI is InChI=1S/C12H11Br2NS/c13-10-4-2-1-3-9(10)7-15-8-12-11(14)5-6-16-12/h1-6,15H,7-8H2. The summed E-state index contributed by atoms with van der Waals surface area (Å²) in [5.41, 5.74) is 1.29. The van der Waals surface area contributed by atoms with E-state index in [1.165, 1.54) is 14.9 Å². The topological polar surface area (TPSA) is 12.0 Å². The highest BCUT2D eigenvalue weighted by Crippen LogP contribution is 2.22. The lowest BCUT2D eigenvalue weighted by Gasteiger charge is -2.05. The van der Waals surface area contributed by atoms with Crippen molar-refractivity contribution in [2.45, 2.75) is 13.1 Å². The number of nitrogens with one attached hydrogen (secondary N) is 1. The Morgan fingerprint density at radius 1 is 1.00 bits per heavy atom. The zero-order valence-electron chi connectivity index (χ0n) is 8.54. The van der Waals surface area contributed by atoms with Crippen LogP contribution in [0.2, 0.25) is 0 Å². The first-order valence-electron chi connectivity index (χ1n) is 4.93. The minimum atomic E-state index is 0.881. The van der Waals surface area contributed by atoms with E-state index >= 15 is 0 Å². The second kappa shape index (κ2) is 5.96. The van der Waals surface area contributed by atoms with Crippen LogP contribution in [-0.2, 0) is 13.1 Å². The third kappa shape index (κ3) is 3.17. The highest BCUT2D eigenvalue weighted by molar-refractivity contribution is 9.10. The van der Waals surface area contributed by atoms with Crippen molar-refractivity contribution in [1.82, 2.24) is 5.32 Å². The van der Waals surface area contributed by atoms with Gasteiger partial charge in [-0.05, 0) is 39.0 Å². The van der Waals surface area contributed by atoms with E-state index in [9.17, 15) is 0 Å². The number of hydrogen-bond donors (Lipinski definition) is 1. The molecule has 1 nitrogen and oxygen atoms in total. The van der Waals surface area contributed by atoms with Crippen LogP contribution < -0.4 is 5.32 Å². The van der Waals surface area contributed by atoms with Gasteiger partial charge in [-0.1, -0.05) is 34.1 Å². The van der Waals surface area contributed by atoms with Gasteiger partial charge in [0.05, 0.1) is 0 Å². The van der Waals surface area contributed by atoms with Gasteiger partial charge >= 0.3 is 0 Å². The fourth-order valence-electron chi connectivity index (χ4n) is 1.40. The van der Waals surface area contributed by atoms with Gasteiger partial charge in [-0.2, -0.15) is 0 Å². The second-order valence-corrected chi connectivity index (χ2v) is 6.10. The lowest BCUT2D eigenvalue weighted by molar-refractivity contribution is 0.697. The molecule has 1 N–H and O–H groups in total. The summed E-state index contributed by atoms with van der Waals surface area (Å²) in [4.78, 5) is 1.34. The molecule has 0 radical (unpaired) electrons. The molecule has 2 aromatic rings. The van der Waals surface area contributed by atoms with Crippen LogP contribution in [0, 0.1) is 0 Å². The maximum absolute atomic E-state index is 3.54. The third-order valence-electron chi connectivity index (χ3n) is 2.25. The Labute approximate surface area is 116 Å². The number of halogens is 2. The summed E-state index contributed by atoms with van der Waals surface area (Å²) in [6.45, 7) is 1.78. The summed E-state index contributed by atoms with van der Waals surface area (Å²) in [6.07, 6.45) is 0. The Balaban J connectivity index is 1.89. The zero-order valence-corrected chi connectivity index (χ0v) is 12.5. The molecule has 0 aliphatic heterocycles. The zero-order chi connectivity index (χ0) is 11.4. The largest absolute Gasteiger partial charge is 0.308 e. The minimum absolute atomic E-state index is 0.881. The van der Waals surface area contributed by atoms with Crippen LogP contribution in [0.1, 0.15) is 10.4 Å². The predicted octanol–water partition coefficient (Wildman–Crippen LogP) is 4.56. The smallest absolute Gasteiger partial charge is 0.0327 e. The van der Waals surface area contributed by atoms with Crippen LogP contribution in [0.4, 0.5) is 0 Å². The highest BCUT2D eigenvalue weighted by Gasteiger charge is 2.01. The van der Waals surface area contributed by atoms with Gasteiger partial charge in [-0.25, -0.2) is 0 Å². The first-order chi connectivity index (χ1) is 7.77. The number of benzene rings is 1. The van der Waals surface area contributed by atoms with Crippen molar-refractivity contribution in [3.05, 3.63) is 55.1 Å². The molecule has 0 aliphatic carbocycles. The van der Waals surface area contributed by atoms with Crippen LogP contribution >= 0.6 is 43.2 Å². The van der Waals surface area contributed by atoms with E-state index in [2.05, 4.69) is 66.8 Å². The average molecular weight is 361 g/mol. The molecule has 1 heterocycles. The quantitative estimate of drug-likeness (QED) is 0.842. The fourth-order valence-corrected chi connectivity index (χ4v) is 3.29. The van der Waals surface area contributed by atoms with E-state index in [-0.39, 0.29) is 0 Å². The molecule has 0 aliphatic rings. The lowest BCUT2D eigenvalue weighted by atomic mass is 10.2. The molecule has 1 aromatic carbocycles. The van der Waals surface area contributed by atoms with E-state index in [4.69, 9.17) is 0 Å². The SMILES string of the molecule is Brc1ccccc1CNCc1sccc1Br. The van der Waals surface area contributed by atoms with E-state index in [0.29, 0.717) is 0 Å². The summed E-state index contributed by atoms with van der Waals surface area (Å²) in [5, 5.41) is 5.53. The number of thiophene rings is 1. The van der Waals surface area contributed by atoms with E-state index in [0.717, 1.165) is 17.6 Å².